The minimum absolute atomic E-state index is 0.148. The highest BCUT2D eigenvalue weighted by Gasteiger charge is 2.13. The normalized spacial score (nSPS) is 9.46. The Hall–Kier alpha value is -2.44. The molecule has 2 rings (SSSR count). The Bertz CT molecular complexity index is 726. The number of allylic oxidation sites excluding steroid dienone is 1. The number of benzene rings is 2. The number of hydrogen-bond donors (Lipinski definition) is 2. The van der Waals surface area contributed by atoms with Gasteiger partial charge < -0.3 is 5.11 Å². The molecule has 6 heteroatoms. The van der Waals surface area contributed by atoms with Gasteiger partial charge in [-0.25, -0.2) is 8.42 Å². The number of aliphatic hydroxyl groups is 1. The summed E-state index contributed by atoms with van der Waals surface area (Å²) >= 11 is 0. The monoisotopic (exact) mass is 379 g/mol. The van der Waals surface area contributed by atoms with Gasteiger partial charge in [-0.05, 0) is 35.9 Å². The first-order valence-electron chi connectivity index (χ1n) is 8.36. The largest absolute Gasteiger partial charge is 0.400 e. The molecule has 0 bridgehead atoms. The first kappa shape index (κ1) is 25.8. The highest BCUT2D eigenvalue weighted by Crippen LogP contribution is 2.17. The van der Waals surface area contributed by atoms with E-state index in [1.807, 2.05) is 33.8 Å². The van der Waals surface area contributed by atoms with Gasteiger partial charge in [-0.3, -0.25) is 9.52 Å². The van der Waals surface area contributed by atoms with E-state index in [2.05, 4.69) is 4.72 Å². The minimum atomic E-state index is -3.63. The molecule has 0 radical (unpaired) electrons. The van der Waals surface area contributed by atoms with Crippen LogP contribution in [0.4, 0.5) is 5.69 Å². The summed E-state index contributed by atoms with van der Waals surface area (Å²) < 4.78 is 26.9. The van der Waals surface area contributed by atoms with Gasteiger partial charge in [0.25, 0.3) is 10.0 Å². The molecule has 0 saturated heterocycles. The predicted molar refractivity (Wildman–Crippen MR) is 110 cm³/mol. The molecule has 0 fully saturated rings. The summed E-state index contributed by atoms with van der Waals surface area (Å²) in [5.74, 6) is 0. The van der Waals surface area contributed by atoms with E-state index in [0.29, 0.717) is 17.5 Å². The van der Waals surface area contributed by atoms with Crippen LogP contribution in [0.5, 0.6) is 0 Å². The average molecular weight is 380 g/mol. The first-order valence-corrected chi connectivity index (χ1v) is 9.85. The lowest BCUT2D eigenvalue weighted by Crippen LogP contribution is -2.12. The number of carbonyl (C=O) groups excluding carboxylic acids is 1. The van der Waals surface area contributed by atoms with E-state index < -0.39 is 10.0 Å². The lowest BCUT2D eigenvalue weighted by atomic mass is 10.2. The van der Waals surface area contributed by atoms with Crippen molar-refractivity contribution in [1.29, 1.82) is 0 Å². The maximum atomic E-state index is 12.2. The van der Waals surface area contributed by atoms with Gasteiger partial charge in [0.1, 0.15) is 6.29 Å². The van der Waals surface area contributed by atoms with Crippen LogP contribution in [0.2, 0.25) is 0 Å². The van der Waals surface area contributed by atoms with Gasteiger partial charge >= 0.3 is 0 Å². The lowest BCUT2D eigenvalue weighted by Gasteiger charge is -2.08. The number of para-hydroxylation sites is 1. The van der Waals surface area contributed by atoms with Crippen molar-refractivity contribution in [3.8, 4) is 0 Å². The molecule has 0 saturated carbocycles. The number of anilines is 1. The maximum absolute atomic E-state index is 12.2. The van der Waals surface area contributed by atoms with Crippen LogP contribution < -0.4 is 4.72 Å². The molecular formula is C20H29NO4S. The Morgan fingerprint density at radius 1 is 0.885 bits per heavy atom. The molecule has 0 aromatic heterocycles. The van der Waals surface area contributed by atoms with E-state index in [1.54, 1.807) is 42.5 Å². The molecule has 144 valence electrons. The van der Waals surface area contributed by atoms with Gasteiger partial charge in [0.2, 0.25) is 0 Å². The molecule has 0 aliphatic rings. The summed E-state index contributed by atoms with van der Waals surface area (Å²) in [6.07, 6.45) is 3.51. The Labute approximate surface area is 157 Å². The molecular weight excluding hydrogens is 350 g/mol. The minimum Gasteiger partial charge on any atom is -0.400 e. The standard InChI is InChI=1S/C15H13NO3S.2C2H6.CH4O/c17-11-5-7-13-6-4-10-15(12-13)20(18,19)16-14-8-2-1-3-9-14;3*1-2/h1-12,16H;2*1-2H3;2H,1H3/b7-5+;;;. The van der Waals surface area contributed by atoms with Crippen molar-refractivity contribution in [1.82, 2.24) is 0 Å². The highest BCUT2D eigenvalue weighted by atomic mass is 32.2. The lowest BCUT2D eigenvalue weighted by molar-refractivity contribution is -0.104. The van der Waals surface area contributed by atoms with E-state index in [-0.39, 0.29) is 4.90 Å². The van der Waals surface area contributed by atoms with Crippen LogP contribution in [0.25, 0.3) is 6.08 Å². The molecule has 0 spiro atoms. The van der Waals surface area contributed by atoms with Crippen LogP contribution in [0.3, 0.4) is 0 Å². The van der Waals surface area contributed by atoms with Crippen molar-refractivity contribution < 1.29 is 18.3 Å². The number of aliphatic hydroxyl groups excluding tert-OH is 1. The van der Waals surface area contributed by atoms with Crippen LogP contribution in [-0.2, 0) is 14.8 Å². The Morgan fingerprint density at radius 3 is 2.00 bits per heavy atom. The fraction of sp³-hybridized carbons (Fsp3) is 0.250. The Balaban J connectivity index is 0. The van der Waals surface area contributed by atoms with E-state index in [0.717, 1.165) is 7.11 Å². The van der Waals surface area contributed by atoms with Crippen LogP contribution in [0.15, 0.2) is 65.6 Å². The zero-order chi connectivity index (χ0) is 20.4. The zero-order valence-electron chi connectivity index (χ0n) is 16.0. The van der Waals surface area contributed by atoms with Gasteiger partial charge in [0, 0.05) is 12.8 Å². The fourth-order valence-corrected chi connectivity index (χ4v) is 2.77. The van der Waals surface area contributed by atoms with Crippen molar-refractivity contribution >= 4 is 28.1 Å². The van der Waals surface area contributed by atoms with Crippen LogP contribution >= 0.6 is 0 Å². The highest BCUT2D eigenvalue weighted by molar-refractivity contribution is 7.92. The summed E-state index contributed by atoms with van der Waals surface area (Å²) in [5.41, 5.74) is 1.15. The Kier molecular flexibility index (Phi) is 15.9. The van der Waals surface area contributed by atoms with Gasteiger partial charge in [-0.2, -0.15) is 0 Å². The van der Waals surface area contributed by atoms with Gasteiger partial charge in [-0.15, -0.1) is 0 Å². The average Bonchev–Trinajstić information content (AvgIpc) is 2.71. The second-order valence-corrected chi connectivity index (χ2v) is 5.72. The number of rotatable bonds is 5. The summed E-state index contributed by atoms with van der Waals surface area (Å²) in [7, 11) is -2.63. The molecule has 5 nitrogen and oxygen atoms in total. The van der Waals surface area contributed by atoms with E-state index >= 15 is 0 Å². The number of aldehydes is 1. The number of hydrogen-bond acceptors (Lipinski definition) is 4. The molecule has 26 heavy (non-hydrogen) atoms. The maximum Gasteiger partial charge on any atom is 0.261 e. The van der Waals surface area contributed by atoms with Gasteiger partial charge in [-0.1, -0.05) is 64.1 Å². The quantitative estimate of drug-likeness (QED) is 0.597. The van der Waals surface area contributed by atoms with E-state index in [9.17, 15) is 13.2 Å². The Morgan fingerprint density at radius 2 is 1.46 bits per heavy atom. The number of carbonyl (C=O) groups is 1. The molecule has 2 aromatic rings. The molecule has 0 heterocycles. The summed E-state index contributed by atoms with van der Waals surface area (Å²) in [6, 6.07) is 15.0. The third-order valence-electron chi connectivity index (χ3n) is 2.56. The van der Waals surface area contributed by atoms with Crippen molar-refractivity contribution in [2.24, 2.45) is 0 Å². The molecule has 2 N–H and O–H groups in total. The second-order valence-electron chi connectivity index (χ2n) is 4.04. The van der Waals surface area contributed by atoms with Crippen LogP contribution in [0.1, 0.15) is 33.3 Å². The SMILES string of the molecule is CC.CC.CO.O=C/C=C/c1cccc(S(=O)(=O)Nc2ccccc2)c1. The summed E-state index contributed by atoms with van der Waals surface area (Å²) in [5, 5.41) is 7.00. The van der Waals surface area contributed by atoms with Crippen LogP contribution in [-0.4, -0.2) is 26.9 Å². The smallest absolute Gasteiger partial charge is 0.261 e. The van der Waals surface area contributed by atoms with E-state index in [1.165, 1.54) is 18.2 Å². The van der Waals surface area contributed by atoms with Crippen molar-refractivity contribution in [2.75, 3.05) is 11.8 Å². The van der Waals surface area contributed by atoms with Crippen molar-refractivity contribution in [2.45, 2.75) is 32.6 Å². The van der Waals surface area contributed by atoms with Gasteiger partial charge in [0.15, 0.2) is 0 Å². The second kappa shape index (κ2) is 16.1. The number of nitrogens with one attached hydrogen (secondary N) is 1. The first-order chi connectivity index (χ1) is 12.6. The van der Waals surface area contributed by atoms with Gasteiger partial charge in [0.05, 0.1) is 4.90 Å². The third-order valence-corrected chi connectivity index (χ3v) is 3.94. The summed E-state index contributed by atoms with van der Waals surface area (Å²) in [4.78, 5) is 10.4. The predicted octanol–water partition coefficient (Wildman–Crippen LogP) is 4.36. The fourth-order valence-electron chi connectivity index (χ4n) is 1.66. The van der Waals surface area contributed by atoms with Crippen LogP contribution in [0, 0.1) is 0 Å². The zero-order valence-corrected chi connectivity index (χ0v) is 16.8. The molecule has 0 unspecified atom stereocenters. The number of sulfonamides is 1. The molecule has 0 amide bonds. The van der Waals surface area contributed by atoms with Crippen molar-refractivity contribution in [3.05, 3.63) is 66.2 Å². The molecule has 0 aliphatic heterocycles. The summed E-state index contributed by atoms with van der Waals surface area (Å²) in [6.45, 7) is 8.00. The third kappa shape index (κ3) is 9.76. The molecule has 0 aliphatic carbocycles. The molecule has 2 aromatic carbocycles. The topological polar surface area (TPSA) is 83.5 Å². The van der Waals surface area contributed by atoms with Crippen molar-refractivity contribution in [3.63, 3.8) is 0 Å². The molecule has 0 atom stereocenters. The van der Waals surface area contributed by atoms with E-state index in [4.69, 9.17) is 5.11 Å².